The number of amides is 1. The van der Waals surface area contributed by atoms with Crippen LogP contribution in [0.1, 0.15) is 23.9 Å². The number of hydrogen-bond donors (Lipinski definition) is 1. The van der Waals surface area contributed by atoms with Gasteiger partial charge >= 0.3 is 0 Å². The number of nitrogens with one attached hydrogen (secondary N) is 1. The number of nitrogens with zero attached hydrogens (tertiary/aromatic N) is 2. The highest BCUT2D eigenvalue weighted by atomic mass is 32.1. The van der Waals surface area contributed by atoms with E-state index in [0.717, 1.165) is 20.8 Å². The summed E-state index contributed by atoms with van der Waals surface area (Å²) in [7, 11) is 0. The van der Waals surface area contributed by atoms with Gasteiger partial charge in [0, 0.05) is 31.6 Å². The number of pyridine rings is 1. The second kappa shape index (κ2) is 10.0. The number of carbonyl (C=O) groups excluding carboxylic acids is 1. The van der Waals surface area contributed by atoms with Crippen LogP contribution < -0.4 is 14.8 Å². The number of rotatable bonds is 9. The summed E-state index contributed by atoms with van der Waals surface area (Å²) in [6.45, 7) is 2.91. The van der Waals surface area contributed by atoms with Crippen LogP contribution in [0.2, 0.25) is 0 Å². The van der Waals surface area contributed by atoms with Gasteiger partial charge in [0.25, 0.3) is 0 Å². The predicted octanol–water partition coefficient (Wildman–Crippen LogP) is 5.13. The number of aryl methyl sites for hydroxylation is 1. The van der Waals surface area contributed by atoms with Crippen LogP contribution >= 0.6 is 11.3 Å². The van der Waals surface area contributed by atoms with Crippen molar-refractivity contribution in [2.75, 3.05) is 6.61 Å². The number of para-hydroxylation sites is 3. The van der Waals surface area contributed by atoms with E-state index in [0.29, 0.717) is 43.4 Å². The molecule has 158 valence electrons. The summed E-state index contributed by atoms with van der Waals surface area (Å²) in [5, 5.41) is 3.91. The Kier molecular flexibility index (Phi) is 6.74. The van der Waals surface area contributed by atoms with Crippen LogP contribution in [0.25, 0.3) is 10.2 Å². The summed E-state index contributed by atoms with van der Waals surface area (Å²) < 4.78 is 12.5. The van der Waals surface area contributed by atoms with E-state index < -0.39 is 0 Å². The monoisotopic (exact) mass is 433 g/mol. The van der Waals surface area contributed by atoms with Crippen LogP contribution in [-0.4, -0.2) is 22.5 Å². The molecule has 4 rings (SSSR count). The number of fused-ring (bicyclic) bond motifs is 1. The van der Waals surface area contributed by atoms with Gasteiger partial charge in [-0.3, -0.25) is 4.79 Å². The molecule has 7 heteroatoms. The molecule has 31 heavy (non-hydrogen) atoms. The van der Waals surface area contributed by atoms with Crippen LogP contribution in [0.4, 0.5) is 0 Å². The largest absolute Gasteiger partial charge is 0.490 e. The third kappa shape index (κ3) is 5.58. The normalized spacial score (nSPS) is 10.7. The Morgan fingerprint density at radius 3 is 2.61 bits per heavy atom. The lowest BCUT2D eigenvalue weighted by atomic mass is 10.2. The van der Waals surface area contributed by atoms with Crippen molar-refractivity contribution in [3.8, 4) is 17.4 Å². The number of aromatic nitrogens is 2. The minimum absolute atomic E-state index is 0.00905. The van der Waals surface area contributed by atoms with Crippen molar-refractivity contribution in [2.24, 2.45) is 0 Å². The molecular weight excluding hydrogens is 410 g/mol. The van der Waals surface area contributed by atoms with Crippen molar-refractivity contribution in [3.05, 3.63) is 77.4 Å². The lowest BCUT2D eigenvalue weighted by Gasteiger charge is -2.11. The SMILES string of the molecule is CCOc1ccccc1Oc1ccc(CNC(=O)CCc2nc3ccccc3s2)cn1. The lowest BCUT2D eigenvalue weighted by Crippen LogP contribution is -2.23. The fourth-order valence-corrected chi connectivity index (χ4v) is 4.00. The molecule has 0 saturated heterocycles. The quantitative estimate of drug-likeness (QED) is 0.396. The van der Waals surface area contributed by atoms with Crippen LogP contribution in [0.5, 0.6) is 17.4 Å². The molecule has 0 aliphatic carbocycles. The van der Waals surface area contributed by atoms with Gasteiger partial charge in [0.05, 0.1) is 21.8 Å². The highest BCUT2D eigenvalue weighted by Gasteiger charge is 2.08. The number of carbonyl (C=O) groups is 1. The molecule has 0 spiro atoms. The van der Waals surface area contributed by atoms with Crippen molar-refractivity contribution in [2.45, 2.75) is 26.3 Å². The molecule has 4 aromatic rings. The van der Waals surface area contributed by atoms with Crippen molar-refractivity contribution >= 4 is 27.5 Å². The third-order valence-electron chi connectivity index (χ3n) is 4.55. The Labute approximate surface area is 184 Å². The molecule has 0 fully saturated rings. The highest BCUT2D eigenvalue weighted by Crippen LogP contribution is 2.30. The highest BCUT2D eigenvalue weighted by molar-refractivity contribution is 7.18. The van der Waals surface area contributed by atoms with E-state index in [-0.39, 0.29) is 5.91 Å². The summed E-state index contributed by atoms with van der Waals surface area (Å²) >= 11 is 1.64. The number of hydrogen-bond acceptors (Lipinski definition) is 6. The van der Waals surface area contributed by atoms with Gasteiger partial charge < -0.3 is 14.8 Å². The lowest BCUT2D eigenvalue weighted by molar-refractivity contribution is -0.121. The average molecular weight is 434 g/mol. The van der Waals surface area contributed by atoms with Gasteiger partial charge in [-0.1, -0.05) is 30.3 Å². The second-order valence-electron chi connectivity index (χ2n) is 6.84. The topological polar surface area (TPSA) is 73.3 Å². The van der Waals surface area contributed by atoms with Gasteiger partial charge in [0.2, 0.25) is 11.8 Å². The molecule has 6 nitrogen and oxygen atoms in total. The Bertz CT molecular complexity index is 1130. The Morgan fingerprint density at radius 1 is 1.03 bits per heavy atom. The summed E-state index contributed by atoms with van der Waals surface area (Å²) in [6, 6.07) is 19.2. The van der Waals surface area contributed by atoms with E-state index >= 15 is 0 Å². The van der Waals surface area contributed by atoms with Gasteiger partial charge in [-0.2, -0.15) is 0 Å². The van der Waals surface area contributed by atoms with E-state index in [4.69, 9.17) is 9.47 Å². The zero-order chi connectivity index (χ0) is 21.5. The van der Waals surface area contributed by atoms with Gasteiger partial charge in [-0.15, -0.1) is 11.3 Å². The zero-order valence-corrected chi connectivity index (χ0v) is 18.0. The summed E-state index contributed by atoms with van der Waals surface area (Å²) in [6.07, 6.45) is 2.74. The van der Waals surface area contributed by atoms with Crippen LogP contribution in [0.3, 0.4) is 0 Å². The molecule has 1 N–H and O–H groups in total. The zero-order valence-electron chi connectivity index (χ0n) is 17.2. The molecule has 2 aromatic heterocycles. The average Bonchev–Trinajstić information content (AvgIpc) is 3.22. The first-order valence-electron chi connectivity index (χ1n) is 10.2. The minimum Gasteiger partial charge on any atom is -0.490 e. The van der Waals surface area contributed by atoms with E-state index in [2.05, 4.69) is 15.3 Å². The Hall–Kier alpha value is -3.45. The molecular formula is C24H23N3O3S. The van der Waals surface area contributed by atoms with Gasteiger partial charge in [-0.05, 0) is 36.8 Å². The maximum absolute atomic E-state index is 12.2. The molecule has 0 radical (unpaired) electrons. The molecule has 0 atom stereocenters. The number of benzene rings is 2. The maximum atomic E-state index is 12.2. The van der Waals surface area contributed by atoms with E-state index in [1.165, 1.54) is 0 Å². The molecule has 0 aliphatic rings. The van der Waals surface area contributed by atoms with Crippen molar-refractivity contribution in [1.29, 1.82) is 0 Å². The fraction of sp³-hybridized carbons (Fsp3) is 0.208. The smallest absolute Gasteiger partial charge is 0.220 e. The summed E-state index contributed by atoms with van der Waals surface area (Å²) in [5.41, 5.74) is 1.89. The third-order valence-corrected chi connectivity index (χ3v) is 5.65. The maximum Gasteiger partial charge on any atom is 0.220 e. The van der Waals surface area contributed by atoms with Crippen LogP contribution in [-0.2, 0) is 17.8 Å². The van der Waals surface area contributed by atoms with E-state index in [9.17, 15) is 4.79 Å². The molecule has 2 aromatic carbocycles. The Balaban J connectivity index is 1.26. The summed E-state index contributed by atoms with van der Waals surface area (Å²) in [5.74, 6) is 1.76. The second-order valence-corrected chi connectivity index (χ2v) is 7.95. The van der Waals surface area contributed by atoms with Gasteiger partial charge in [0.1, 0.15) is 0 Å². The Morgan fingerprint density at radius 2 is 1.84 bits per heavy atom. The standard InChI is InChI=1S/C24H23N3O3S/c1-2-29-19-8-4-5-9-20(19)30-23-13-11-17(16-26-23)15-25-22(28)12-14-24-27-18-7-3-6-10-21(18)31-24/h3-11,13,16H,2,12,14-15H2,1H3,(H,25,28). The molecule has 0 aliphatic heterocycles. The van der Waals surface area contributed by atoms with Crippen molar-refractivity contribution < 1.29 is 14.3 Å². The van der Waals surface area contributed by atoms with Gasteiger partial charge in [0.15, 0.2) is 11.5 Å². The van der Waals surface area contributed by atoms with E-state index in [1.807, 2.05) is 61.5 Å². The minimum atomic E-state index is -0.00905. The first-order chi connectivity index (χ1) is 15.2. The molecule has 2 heterocycles. The first-order valence-corrected chi connectivity index (χ1v) is 11.0. The van der Waals surface area contributed by atoms with E-state index in [1.54, 1.807) is 23.6 Å². The number of thiazole rings is 1. The van der Waals surface area contributed by atoms with Crippen LogP contribution in [0.15, 0.2) is 66.9 Å². The molecule has 0 bridgehead atoms. The summed E-state index contributed by atoms with van der Waals surface area (Å²) in [4.78, 5) is 21.1. The first kappa shape index (κ1) is 20.8. The van der Waals surface area contributed by atoms with Crippen LogP contribution in [0, 0.1) is 0 Å². The van der Waals surface area contributed by atoms with Crippen molar-refractivity contribution in [1.82, 2.24) is 15.3 Å². The van der Waals surface area contributed by atoms with Crippen molar-refractivity contribution in [3.63, 3.8) is 0 Å². The molecule has 0 unspecified atom stereocenters. The fourth-order valence-electron chi connectivity index (χ4n) is 3.03. The molecule has 0 saturated carbocycles. The predicted molar refractivity (Wildman–Crippen MR) is 122 cm³/mol. The molecule has 1 amide bonds. The number of ether oxygens (including phenoxy) is 2. The van der Waals surface area contributed by atoms with Gasteiger partial charge in [-0.25, -0.2) is 9.97 Å².